The summed E-state index contributed by atoms with van der Waals surface area (Å²) in [6, 6.07) is 0. The lowest BCUT2D eigenvalue weighted by Gasteiger charge is -2.03. The summed E-state index contributed by atoms with van der Waals surface area (Å²) in [6.45, 7) is 1.90. The Morgan fingerprint density at radius 3 is 2.67 bits per heavy atom. The quantitative estimate of drug-likeness (QED) is 0.564. The summed E-state index contributed by atoms with van der Waals surface area (Å²) >= 11 is 0. The zero-order valence-corrected chi connectivity index (χ0v) is 6.40. The van der Waals surface area contributed by atoms with Crippen LogP contribution in [0.25, 0.3) is 0 Å². The van der Waals surface area contributed by atoms with Gasteiger partial charge < -0.3 is 10.6 Å². The number of carbonyl (C=O) groups is 1. The first kappa shape index (κ1) is 9.02. The Balaban J connectivity index is 3.45. The zero-order valence-electron chi connectivity index (χ0n) is 5.50. The first-order valence-electron chi connectivity index (χ1n) is 2.91. The molecule has 0 radical (unpaired) electrons. The Labute approximate surface area is 56.1 Å². The van der Waals surface area contributed by atoms with Gasteiger partial charge in [0.2, 0.25) is 0 Å². The van der Waals surface area contributed by atoms with Gasteiger partial charge in [0.25, 0.3) is 0 Å². The largest absolute Gasteiger partial charge is 0.366 e. The van der Waals surface area contributed by atoms with Gasteiger partial charge in [-0.05, 0) is 12.6 Å². The van der Waals surface area contributed by atoms with Crippen molar-refractivity contribution in [3.05, 3.63) is 0 Å². The summed E-state index contributed by atoms with van der Waals surface area (Å²) in [7, 11) is -1.41. The van der Waals surface area contributed by atoms with Crippen molar-refractivity contribution in [2.24, 2.45) is 5.73 Å². The van der Waals surface area contributed by atoms with Gasteiger partial charge in [-0.15, -0.1) is 0 Å². The number of carbonyl (C=O) groups excluding carboxylic acids is 1. The van der Waals surface area contributed by atoms with Crippen LogP contribution in [0.1, 0.15) is 13.3 Å². The molecule has 0 aromatic heterocycles. The van der Waals surface area contributed by atoms with E-state index in [1.807, 2.05) is 6.92 Å². The van der Waals surface area contributed by atoms with Crippen LogP contribution in [0.5, 0.6) is 0 Å². The molecule has 0 aliphatic heterocycles. The minimum atomic E-state index is -1.41. The van der Waals surface area contributed by atoms with Gasteiger partial charge >= 0.3 is 0 Å². The predicted octanol–water partition coefficient (Wildman–Crippen LogP) is 0.271. The molecule has 0 saturated heterocycles. The molecule has 9 heavy (non-hydrogen) atoms. The first-order chi connectivity index (χ1) is 4.22. The molecule has 4 heteroatoms. The molecule has 0 rings (SSSR count). The van der Waals surface area contributed by atoms with Gasteiger partial charge in [-0.2, -0.15) is 0 Å². The molecule has 0 spiro atoms. The topological polar surface area (TPSA) is 63.3 Å². The summed E-state index contributed by atoms with van der Waals surface area (Å²) in [5.41, 5.74) is 4.81. The number of hydrogen-bond acceptors (Lipinski definition) is 3. The van der Waals surface area contributed by atoms with Crippen LogP contribution < -0.4 is 5.73 Å². The van der Waals surface area contributed by atoms with E-state index in [0.29, 0.717) is 6.16 Å². The van der Waals surface area contributed by atoms with Crippen molar-refractivity contribution in [2.75, 3.05) is 12.7 Å². The molecule has 1 atom stereocenters. The third kappa shape index (κ3) is 3.57. The fourth-order valence-corrected chi connectivity index (χ4v) is 1.33. The second kappa shape index (κ2) is 4.86. The molecule has 0 heterocycles. The SMILES string of the molecule is CCCP(O)C(=O)CN. The second-order valence-corrected chi connectivity index (χ2v) is 3.47. The Hall–Kier alpha value is 0.0200. The van der Waals surface area contributed by atoms with Gasteiger partial charge in [0.1, 0.15) is 0 Å². The Morgan fingerprint density at radius 1 is 1.78 bits per heavy atom. The van der Waals surface area contributed by atoms with Crippen molar-refractivity contribution in [1.29, 1.82) is 0 Å². The summed E-state index contributed by atoms with van der Waals surface area (Å²) in [5, 5.41) is 0. The number of nitrogens with two attached hydrogens (primary N) is 1. The van der Waals surface area contributed by atoms with E-state index in [0.717, 1.165) is 6.42 Å². The molecular formula is C5H12NO2P. The summed E-state index contributed by atoms with van der Waals surface area (Å²) < 4.78 is 0. The third-order valence-electron chi connectivity index (χ3n) is 0.898. The van der Waals surface area contributed by atoms with Crippen LogP contribution in [0.2, 0.25) is 0 Å². The lowest BCUT2D eigenvalue weighted by molar-refractivity contribution is -0.110. The van der Waals surface area contributed by atoms with Crippen LogP contribution in [0, 0.1) is 0 Å². The maximum absolute atomic E-state index is 10.6. The molecule has 3 nitrogen and oxygen atoms in total. The smallest absolute Gasteiger partial charge is 0.194 e. The molecule has 3 N–H and O–H groups in total. The Bertz CT molecular complexity index is 97.0. The molecule has 0 saturated carbocycles. The lowest BCUT2D eigenvalue weighted by Crippen LogP contribution is -2.12. The molecule has 54 valence electrons. The lowest BCUT2D eigenvalue weighted by atomic mass is 10.6. The molecule has 0 aromatic rings. The van der Waals surface area contributed by atoms with Crippen LogP contribution in [0.15, 0.2) is 0 Å². The first-order valence-corrected chi connectivity index (χ1v) is 4.39. The fourth-order valence-electron chi connectivity index (χ4n) is 0.442. The van der Waals surface area contributed by atoms with Crippen molar-refractivity contribution in [1.82, 2.24) is 0 Å². The van der Waals surface area contributed by atoms with Crippen LogP contribution in [-0.2, 0) is 4.79 Å². The zero-order chi connectivity index (χ0) is 7.28. The van der Waals surface area contributed by atoms with Gasteiger partial charge in [0.05, 0.1) is 14.7 Å². The van der Waals surface area contributed by atoms with E-state index in [1.165, 1.54) is 0 Å². The van der Waals surface area contributed by atoms with Crippen LogP contribution >= 0.6 is 8.15 Å². The highest BCUT2D eigenvalue weighted by molar-refractivity contribution is 7.69. The van der Waals surface area contributed by atoms with E-state index in [2.05, 4.69) is 0 Å². The fraction of sp³-hybridized carbons (Fsp3) is 0.800. The van der Waals surface area contributed by atoms with E-state index < -0.39 is 8.15 Å². The molecule has 1 unspecified atom stereocenters. The van der Waals surface area contributed by atoms with Crippen molar-refractivity contribution in [3.8, 4) is 0 Å². The maximum Gasteiger partial charge on any atom is 0.194 e. The molecule has 0 fully saturated rings. The van der Waals surface area contributed by atoms with Crippen molar-refractivity contribution >= 4 is 13.7 Å². The highest BCUT2D eigenvalue weighted by Crippen LogP contribution is 2.30. The number of rotatable bonds is 4. The average molecular weight is 149 g/mol. The highest BCUT2D eigenvalue weighted by Gasteiger charge is 2.10. The maximum atomic E-state index is 10.6. The van der Waals surface area contributed by atoms with Crippen LogP contribution in [0.4, 0.5) is 0 Å². The van der Waals surface area contributed by atoms with Crippen LogP contribution in [-0.4, -0.2) is 23.1 Å². The minimum Gasteiger partial charge on any atom is -0.366 e. The van der Waals surface area contributed by atoms with Gasteiger partial charge in [-0.1, -0.05) is 6.92 Å². The number of hydrogen-bond donors (Lipinski definition) is 2. The monoisotopic (exact) mass is 149 g/mol. The normalized spacial score (nSPS) is 13.2. The van der Waals surface area contributed by atoms with Gasteiger partial charge in [0.15, 0.2) is 5.52 Å². The van der Waals surface area contributed by atoms with E-state index >= 15 is 0 Å². The molecule has 0 aromatic carbocycles. The molecular weight excluding hydrogens is 137 g/mol. The highest BCUT2D eigenvalue weighted by atomic mass is 31.1. The minimum absolute atomic E-state index is 0.0256. The Morgan fingerprint density at radius 2 is 2.33 bits per heavy atom. The summed E-state index contributed by atoms with van der Waals surface area (Å²) in [5.74, 6) is 0. The Kier molecular flexibility index (Phi) is 4.87. The van der Waals surface area contributed by atoms with E-state index in [9.17, 15) is 4.79 Å². The second-order valence-electron chi connectivity index (χ2n) is 1.72. The molecule has 0 bridgehead atoms. The van der Waals surface area contributed by atoms with E-state index in [1.54, 1.807) is 0 Å². The van der Waals surface area contributed by atoms with Gasteiger partial charge in [-0.25, -0.2) is 0 Å². The predicted molar refractivity (Wildman–Crippen MR) is 38.4 cm³/mol. The molecule has 0 aliphatic rings. The summed E-state index contributed by atoms with van der Waals surface area (Å²) in [4.78, 5) is 19.5. The molecule has 0 aliphatic carbocycles. The van der Waals surface area contributed by atoms with Crippen molar-refractivity contribution in [3.63, 3.8) is 0 Å². The van der Waals surface area contributed by atoms with Gasteiger partial charge in [-0.3, -0.25) is 4.79 Å². The van der Waals surface area contributed by atoms with Gasteiger partial charge in [0, 0.05) is 0 Å². The van der Waals surface area contributed by atoms with Crippen LogP contribution in [0.3, 0.4) is 0 Å². The van der Waals surface area contributed by atoms with Crippen molar-refractivity contribution < 1.29 is 9.69 Å². The standard InChI is InChI=1S/C5H12NO2P/c1-2-3-9(8)5(7)4-6/h8H,2-4,6H2,1H3. The molecule has 0 amide bonds. The average Bonchev–Trinajstić information content (AvgIpc) is 1.87. The van der Waals surface area contributed by atoms with E-state index in [-0.39, 0.29) is 12.1 Å². The third-order valence-corrected chi connectivity index (χ3v) is 2.53. The van der Waals surface area contributed by atoms with Crippen molar-refractivity contribution in [2.45, 2.75) is 13.3 Å². The van der Waals surface area contributed by atoms with E-state index in [4.69, 9.17) is 10.6 Å². The summed E-state index contributed by atoms with van der Waals surface area (Å²) in [6.07, 6.45) is 1.43.